The van der Waals surface area contributed by atoms with Crippen molar-refractivity contribution >= 4 is 34.2 Å². The lowest BCUT2D eigenvalue weighted by Gasteiger charge is -2.40. The molecule has 2 aliphatic heterocycles. The summed E-state index contributed by atoms with van der Waals surface area (Å²) in [6, 6.07) is 11.4. The number of rotatable bonds is 4. The Kier molecular flexibility index (Phi) is 6.77. The Morgan fingerprint density at radius 1 is 1.20 bits per heavy atom. The molecular weight excluding hydrogens is 550 g/mol. The van der Waals surface area contributed by atoms with E-state index in [1.165, 1.54) is 16.7 Å². The van der Waals surface area contributed by atoms with Crippen LogP contribution in [0.5, 0.6) is 5.75 Å². The van der Waals surface area contributed by atoms with Crippen molar-refractivity contribution in [1.29, 1.82) is 0 Å². The molecule has 0 bridgehead atoms. The molecule has 0 aliphatic carbocycles. The molecule has 10 heteroatoms. The molecule has 6 rings (SSSR count). The zero-order valence-electron chi connectivity index (χ0n) is 22.6. The molecular formula is C31H27ClF2N4O3. The number of anilines is 1. The van der Waals surface area contributed by atoms with E-state index in [9.17, 15) is 14.0 Å². The van der Waals surface area contributed by atoms with E-state index in [-0.39, 0.29) is 40.5 Å². The van der Waals surface area contributed by atoms with Crippen LogP contribution in [0.2, 0.25) is 5.02 Å². The van der Waals surface area contributed by atoms with Gasteiger partial charge >= 0.3 is 5.69 Å². The predicted octanol–water partition coefficient (Wildman–Crippen LogP) is 5.66. The summed E-state index contributed by atoms with van der Waals surface area (Å²) in [5.41, 5.74) is 1.97. The fourth-order valence-electron chi connectivity index (χ4n) is 5.88. The summed E-state index contributed by atoms with van der Waals surface area (Å²) in [6.45, 7) is 8.70. The molecule has 3 aromatic carbocycles. The second kappa shape index (κ2) is 10.3. The number of amides is 1. The molecule has 1 atom stereocenters. The minimum absolute atomic E-state index is 0.0178. The highest BCUT2D eigenvalue weighted by Crippen LogP contribution is 2.49. The van der Waals surface area contributed by atoms with Crippen LogP contribution in [0.3, 0.4) is 0 Å². The summed E-state index contributed by atoms with van der Waals surface area (Å²) < 4.78 is 37.4. The van der Waals surface area contributed by atoms with Gasteiger partial charge in [0, 0.05) is 47.8 Å². The highest BCUT2D eigenvalue weighted by atomic mass is 35.5. The van der Waals surface area contributed by atoms with Crippen molar-refractivity contribution in [3.63, 3.8) is 0 Å². The molecule has 1 amide bonds. The lowest BCUT2D eigenvalue weighted by molar-refractivity contribution is -0.126. The number of hydrogen-bond acceptors (Lipinski definition) is 5. The zero-order chi connectivity index (χ0) is 29.0. The maximum Gasteiger partial charge on any atom is 0.354 e. The molecule has 7 nitrogen and oxygen atoms in total. The van der Waals surface area contributed by atoms with Crippen LogP contribution in [-0.2, 0) is 17.8 Å². The van der Waals surface area contributed by atoms with Crippen molar-refractivity contribution in [1.82, 2.24) is 14.5 Å². The van der Waals surface area contributed by atoms with Crippen LogP contribution in [0.25, 0.3) is 27.7 Å². The minimum Gasteiger partial charge on any atom is -0.486 e. The zero-order valence-corrected chi connectivity index (χ0v) is 23.3. The molecule has 0 unspecified atom stereocenters. The van der Waals surface area contributed by atoms with E-state index in [1.54, 1.807) is 11.0 Å². The van der Waals surface area contributed by atoms with E-state index in [1.807, 2.05) is 43.0 Å². The van der Waals surface area contributed by atoms with Crippen LogP contribution in [-0.4, -0.2) is 46.0 Å². The quantitative estimate of drug-likeness (QED) is 0.293. The van der Waals surface area contributed by atoms with E-state index in [2.05, 4.69) is 11.6 Å². The number of halogens is 3. The first-order valence-electron chi connectivity index (χ1n) is 13.4. The normalized spacial score (nSPS) is 16.3. The molecule has 0 radical (unpaired) electrons. The van der Waals surface area contributed by atoms with Gasteiger partial charge in [-0.2, -0.15) is 4.98 Å². The fourth-order valence-corrected chi connectivity index (χ4v) is 6.17. The summed E-state index contributed by atoms with van der Waals surface area (Å²) in [4.78, 5) is 34.4. The number of para-hydroxylation sites is 1. The van der Waals surface area contributed by atoms with Gasteiger partial charge in [0.05, 0.1) is 10.7 Å². The van der Waals surface area contributed by atoms with Crippen molar-refractivity contribution in [2.45, 2.75) is 32.9 Å². The molecule has 1 saturated heterocycles. The number of nitrogens with zero attached hydrogens (tertiary/aromatic N) is 4. The van der Waals surface area contributed by atoms with Gasteiger partial charge in [0.1, 0.15) is 17.9 Å². The summed E-state index contributed by atoms with van der Waals surface area (Å²) in [5.74, 6) is -1.63. The van der Waals surface area contributed by atoms with Crippen molar-refractivity contribution in [2.24, 2.45) is 0 Å². The smallest absolute Gasteiger partial charge is 0.354 e. The molecule has 2 aliphatic rings. The van der Waals surface area contributed by atoms with E-state index >= 15 is 4.39 Å². The van der Waals surface area contributed by atoms with Gasteiger partial charge in [0.15, 0.2) is 17.4 Å². The SMILES string of the molecule is C=CC(=O)N1CCN(c2nc(=O)n(-c3ccccc3CC)c3c4c(c(Cl)cc23)-c2c(ccc(F)c2F)CO4)[C@@H](C)C1. The van der Waals surface area contributed by atoms with Crippen LogP contribution < -0.4 is 15.3 Å². The molecule has 3 heterocycles. The highest BCUT2D eigenvalue weighted by molar-refractivity contribution is 6.35. The number of benzene rings is 3. The number of fused-ring (bicyclic) bond motifs is 5. The third-order valence-corrected chi connectivity index (χ3v) is 8.16. The van der Waals surface area contributed by atoms with Crippen molar-refractivity contribution in [3.05, 3.63) is 93.4 Å². The van der Waals surface area contributed by atoms with Gasteiger partial charge in [-0.1, -0.05) is 49.4 Å². The van der Waals surface area contributed by atoms with Gasteiger partial charge in [0.2, 0.25) is 5.91 Å². The maximum atomic E-state index is 15.3. The average Bonchev–Trinajstić information content (AvgIpc) is 2.98. The first kappa shape index (κ1) is 27.0. The number of ether oxygens (including phenoxy) is 1. The highest BCUT2D eigenvalue weighted by Gasteiger charge is 2.33. The molecule has 4 aromatic rings. The van der Waals surface area contributed by atoms with E-state index in [0.29, 0.717) is 54.0 Å². The van der Waals surface area contributed by atoms with Gasteiger partial charge in [-0.15, -0.1) is 0 Å². The van der Waals surface area contributed by atoms with Gasteiger partial charge in [-0.3, -0.25) is 9.36 Å². The lowest BCUT2D eigenvalue weighted by Crippen LogP contribution is -2.54. The summed E-state index contributed by atoms with van der Waals surface area (Å²) in [6.07, 6.45) is 1.92. The van der Waals surface area contributed by atoms with Crippen LogP contribution in [0.4, 0.5) is 14.6 Å². The first-order valence-corrected chi connectivity index (χ1v) is 13.8. The van der Waals surface area contributed by atoms with Crippen LogP contribution in [0.15, 0.2) is 59.9 Å². The van der Waals surface area contributed by atoms with Gasteiger partial charge < -0.3 is 14.5 Å². The van der Waals surface area contributed by atoms with E-state index < -0.39 is 17.3 Å². The predicted molar refractivity (Wildman–Crippen MR) is 155 cm³/mol. The van der Waals surface area contributed by atoms with Gasteiger partial charge in [-0.25, -0.2) is 13.6 Å². The first-order chi connectivity index (χ1) is 19.7. The van der Waals surface area contributed by atoms with Crippen LogP contribution >= 0.6 is 11.6 Å². The number of piperazine rings is 1. The Morgan fingerprint density at radius 2 is 1.98 bits per heavy atom. The monoisotopic (exact) mass is 576 g/mol. The Balaban J connectivity index is 1.68. The molecule has 0 spiro atoms. The molecule has 0 saturated carbocycles. The Morgan fingerprint density at radius 3 is 2.71 bits per heavy atom. The number of aryl methyl sites for hydroxylation is 1. The van der Waals surface area contributed by atoms with Crippen LogP contribution in [0.1, 0.15) is 25.0 Å². The number of carbonyl (C=O) groups is 1. The van der Waals surface area contributed by atoms with Crippen molar-refractivity contribution in [2.75, 3.05) is 24.5 Å². The summed E-state index contributed by atoms with van der Waals surface area (Å²) in [5, 5.41) is 0.665. The largest absolute Gasteiger partial charge is 0.486 e. The average molecular weight is 577 g/mol. The molecule has 41 heavy (non-hydrogen) atoms. The van der Waals surface area contributed by atoms with E-state index in [4.69, 9.17) is 16.3 Å². The van der Waals surface area contributed by atoms with Gasteiger partial charge in [-0.05, 0) is 43.2 Å². The maximum absolute atomic E-state index is 15.3. The molecule has 210 valence electrons. The number of hydrogen-bond donors (Lipinski definition) is 0. The Labute approximate surface area is 240 Å². The van der Waals surface area contributed by atoms with Crippen molar-refractivity contribution < 1.29 is 18.3 Å². The second-order valence-electron chi connectivity index (χ2n) is 10.2. The van der Waals surface area contributed by atoms with Gasteiger partial charge in [0.25, 0.3) is 0 Å². The van der Waals surface area contributed by atoms with E-state index in [0.717, 1.165) is 11.6 Å². The Hall–Kier alpha value is -4.24. The lowest BCUT2D eigenvalue weighted by atomic mass is 9.94. The second-order valence-corrected chi connectivity index (χ2v) is 10.6. The summed E-state index contributed by atoms with van der Waals surface area (Å²) >= 11 is 6.83. The number of aromatic nitrogens is 2. The summed E-state index contributed by atoms with van der Waals surface area (Å²) in [7, 11) is 0. The van der Waals surface area contributed by atoms with Crippen LogP contribution in [0, 0.1) is 11.6 Å². The minimum atomic E-state index is -1.03. The third kappa shape index (κ3) is 4.26. The Bertz CT molecular complexity index is 1810. The topological polar surface area (TPSA) is 67.7 Å². The van der Waals surface area contributed by atoms with Crippen molar-refractivity contribution in [3.8, 4) is 22.6 Å². The number of carbonyl (C=O) groups excluding carboxylic acids is 1. The molecule has 1 fully saturated rings. The third-order valence-electron chi connectivity index (χ3n) is 7.87. The molecule has 1 aromatic heterocycles. The standard InChI is InChI=1S/C31H27ClF2N4O3/c1-4-18-8-6-7-9-23(18)38-28-20(30(35-31(38)40)37-13-12-36(15-17(37)3)24(39)5-2)14-21(32)26-25-19(16-41-29(26)28)10-11-22(33)27(25)34/h5-11,14,17H,2,4,12-13,15-16H2,1,3H3/t17-/m0/s1. The fraction of sp³-hybridized carbons (Fsp3) is 0.258. The molecule has 0 N–H and O–H groups in total.